The summed E-state index contributed by atoms with van der Waals surface area (Å²) < 4.78 is 44.9. The molecule has 1 N–H and O–H groups in total. The van der Waals surface area contributed by atoms with E-state index in [9.17, 15) is 17.6 Å². The van der Waals surface area contributed by atoms with Gasteiger partial charge in [-0.25, -0.2) is 12.8 Å². The lowest BCUT2D eigenvalue weighted by Crippen LogP contribution is -2.48. The molecule has 0 saturated carbocycles. The van der Waals surface area contributed by atoms with Crippen LogP contribution in [0.5, 0.6) is 5.75 Å². The molecule has 0 bridgehead atoms. The number of aryl methyl sites for hydroxylation is 1. The van der Waals surface area contributed by atoms with Gasteiger partial charge in [-0.05, 0) is 73.7 Å². The normalized spacial score (nSPS) is 13.6. The number of halogens is 1. The fourth-order valence-corrected chi connectivity index (χ4v) is 4.81. The molecular formula is C23H31FN2O4S. The number of amides is 1. The molecule has 2 rings (SSSR count). The summed E-state index contributed by atoms with van der Waals surface area (Å²) in [5.74, 6) is -0.0481. The fraction of sp³-hybridized carbons (Fsp3) is 0.435. The molecule has 2 aromatic rings. The number of nitrogens with one attached hydrogen (secondary N) is 1. The number of carbonyl (C=O) groups excluding carboxylic acids is 1. The first kappa shape index (κ1) is 24.7. The van der Waals surface area contributed by atoms with Crippen LogP contribution >= 0.6 is 0 Å². The molecule has 0 fully saturated rings. The van der Waals surface area contributed by atoms with Crippen molar-refractivity contribution in [2.75, 3.05) is 17.7 Å². The number of hydrogen-bond donors (Lipinski definition) is 1. The summed E-state index contributed by atoms with van der Waals surface area (Å²) in [6.07, 6.45) is 0.994. The van der Waals surface area contributed by atoms with Crippen LogP contribution in [-0.4, -0.2) is 33.7 Å². The molecule has 0 aliphatic rings. The summed E-state index contributed by atoms with van der Waals surface area (Å²) in [4.78, 5) is 13.0. The van der Waals surface area contributed by atoms with Crippen LogP contribution in [0.1, 0.15) is 56.3 Å². The second-order valence-electron chi connectivity index (χ2n) is 8.05. The van der Waals surface area contributed by atoms with Gasteiger partial charge in [0.2, 0.25) is 15.9 Å². The van der Waals surface area contributed by atoms with Gasteiger partial charge in [0.1, 0.15) is 17.6 Å². The second-order valence-corrected chi connectivity index (χ2v) is 9.91. The highest BCUT2D eigenvalue weighted by Crippen LogP contribution is 2.32. The van der Waals surface area contributed by atoms with Crippen molar-refractivity contribution in [2.45, 2.75) is 52.6 Å². The SMILES string of the molecule is COc1cc(C)c([C@@H](C)NC(=O)[C@@H](C)N(c2cccc(F)c2)S(C)(=O)=O)cc1C(C)C. The highest BCUT2D eigenvalue weighted by Gasteiger charge is 2.30. The molecule has 31 heavy (non-hydrogen) atoms. The molecule has 0 spiro atoms. The quantitative estimate of drug-likeness (QED) is 0.651. The third kappa shape index (κ3) is 5.76. The van der Waals surface area contributed by atoms with E-state index in [4.69, 9.17) is 4.74 Å². The molecule has 0 radical (unpaired) electrons. The van der Waals surface area contributed by atoms with E-state index in [0.717, 1.165) is 39.1 Å². The van der Waals surface area contributed by atoms with E-state index in [1.54, 1.807) is 7.11 Å². The van der Waals surface area contributed by atoms with Crippen LogP contribution in [0.25, 0.3) is 0 Å². The van der Waals surface area contributed by atoms with E-state index in [0.29, 0.717) is 0 Å². The van der Waals surface area contributed by atoms with E-state index in [1.165, 1.54) is 25.1 Å². The largest absolute Gasteiger partial charge is 0.496 e. The molecule has 6 nitrogen and oxygen atoms in total. The first-order valence-electron chi connectivity index (χ1n) is 10.1. The van der Waals surface area contributed by atoms with Crippen molar-refractivity contribution in [3.63, 3.8) is 0 Å². The molecule has 8 heteroatoms. The molecule has 1 amide bonds. The fourth-order valence-electron chi connectivity index (χ4n) is 3.64. The van der Waals surface area contributed by atoms with Crippen molar-refractivity contribution in [1.82, 2.24) is 5.32 Å². The number of nitrogens with zero attached hydrogens (tertiary/aromatic N) is 1. The van der Waals surface area contributed by atoms with Crippen LogP contribution in [0.15, 0.2) is 36.4 Å². The summed E-state index contributed by atoms with van der Waals surface area (Å²) >= 11 is 0. The molecule has 0 saturated heterocycles. The zero-order valence-corrected chi connectivity index (χ0v) is 19.9. The van der Waals surface area contributed by atoms with Gasteiger partial charge < -0.3 is 10.1 Å². The number of sulfonamides is 1. The monoisotopic (exact) mass is 450 g/mol. The molecule has 2 aromatic carbocycles. The number of benzene rings is 2. The minimum atomic E-state index is -3.83. The van der Waals surface area contributed by atoms with Gasteiger partial charge in [0.15, 0.2) is 0 Å². The van der Waals surface area contributed by atoms with E-state index in [-0.39, 0.29) is 17.6 Å². The summed E-state index contributed by atoms with van der Waals surface area (Å²) in [7, 11) is -2.20. The van der Waals surface area contributed by atoms with E-state index >= 15 is 0 Å². The van der Waals surface area contributed by atoms with Gasteiger partial charge in [0.05, 0.1) is 25.1 Å². The minimum Gasteiger partial charge on any atom is -0.496 e. The Labute approximate surface area is 184 Å². The lowest BCUT2D eigenvalue weighted by atomic mass is 9.93. The Balaban J connectivity index is 2.33. The van der Waals surface area contributed by atoms with Gasteiger partial charge in [-0.15, -0.1) is 0 Å². The standard InChI is InChI=1S/C23H31FN2O4S/c1-14(2)20-13-21(15(3)11-22(20)30-6)16(4)25-23(27)17(5)26(31(7,28)29)19-10-8-9-18(24)12-19/h8-14,16-17H,1-7H3,(H,25,27)/t16-,17-/m1/s1. The van der Waals surface area contributed by atoms with Gasteiger partial charge in [-0.1, -0.05) is 19.9 Å². The molecule has 0 aromatic heterocycles. The molecule has 0 heterocycles. The van der Waals surface area contributed by atoms with E-state index in [1.807, 2.05) is 26.0 Å². The van der Waals surface area contributed by atoms with Crippen molar-refractivity contribution >= 4 is 21.6 Å². The smallest absolute Gasteiger partial charge is 0.244 e. The Kier molecular flexibility index (Phi) is 7.70. The number of hydrogen-bond acceptors (Lipinski definition) is 4. The lowest BCUT2D eigenvalue weighted by molar-refractivity contribution is -0.122. The first-order valence-corrected chi connectivity index (χ1v) is 11.9. The van der Waals surface area contributed by atoms with Gasteiger partial charge in [-0.3, -0.25) is 9.10 Å². The predicted octanol–water partition coefficient (Wildman–Crippen LogP) is 4.30. The highest BCUT2D eigenvalue weighted by molar-refractivity contribution is 7.92. The van der Waals surface area contributed by atoms with Crippen molar-refractivity contribution in [1.29, 1.82) is 0 Å². The number of methoxy groups -OCH3 is 1. The molecule has 2 atom stereocenters. The molecule has 170 valence electrons. The third-order valence-corrected chi connectivity index (χ3v) is 6.46. The summed E-state index contributed by atoms with van der Waals surface area (Å²) in [6, 6.07) is 7.69. The maximum atomic E-state index is 13.7. The molecule has 0 aliphatic heterocycles. The molecular weight excluding hydrogens is 419 g/mol. The summed E-state index contributed by atoms with van der Waals surface area (Å²) in [5.41, 5.74) is 2.99. The Hall–Kier alpha value is -2.61. The number of anilines is 1. The predicted molar refractivity (Wildman–Crippen MR) is 122 cm³/mol. The van der Waals surface area contributed by atoms with Gasteiger partial charge in [0.25, 0.3) is 0 Å². The van der Waals surface area contributed by atoms with Gasteiger partial charge in [-0.2, -0.15) is 0 Å². The zero-order chi connectivity index (χ0) is 23.5. The first-order chi connectivity index (χ1) is 14.4. The van der Waals surface area contributed by atoms with Crippen LogP contribution in [0.2, 0.25) is 0 Å². The zero-order valence-electron chi connectivity index (χ0n) is 19.1. The Morgan fingerprint density at radius 3 is 2.26 bits per heavy atom. The molecule has 0 aliphatic carbocycles. The summed E-state index contributed by atoms with van der Waals surface area (Å²) in [5, 5.41) is 2.90. The lowest BCUT2D eigenvalue weighted by Gasteiger charge is -2.29. The number of rotatable bonds is 8. The Morgan fingerprint density at radius 2 is 1.74 bits per heavy atom. The van der Waals surface area contributed by atoms with Crippen molar-refractivity contribution in [2.24, 2.45) is 0 Å². The van der Waals surface area contributed by atoms with E-state index in [2.05, 4.69) is 19.2 Å². The van der Waals surface area contributed by atoms with Crippen molar-refractivity contribution < 1.29 is 22.3 Å². The van der Waals surface area contributed by atoms with Crippen molar-refractivity contribution in [3.05, 3.63) is 58.9 Å². The second kappa shape index (κ2) is 9.68. The van der Waals surface area contributed by atoms with Crippen molar-refractivity contribution in [3.8, 4) is 5.75 Å². The Morgan fingerprint density at radius 1 is 1.10 bits per heavy atom. The Bertz CT molecular complexity index is 1050. The van der Waals surface area contributed by atoms with Crippen LogP contribution in [-0.2, 0) is 14.8 Å². The minimum absolute atomic E-state index is 0.0977. The van der Waals surface area contributed by atoms with Gasteiger partial charge >= 0.3 is 0 Å². The maximum absolute atomic E-state index is 13.7. The summed E-state index contributed by atoms with van der Waals surface area (Å²) in [6.45, 7) is 9.38. The van der Waals surface area contributed by atoms with Crippen LogP contribution < -0.4 is 14.4 Å². The average molecular weight is 451 g/mol. The van der Waals surface area contributed by atoms with Crippen LogP contribution in [0, 0.1) is 12.7 Å². The highest BCUT2D eigenvalue weighted by atomic mass is 32.2. The number of carbonyl (C=O) groups is 1. The maximum Gasteiger partial charge on any atom is 0.244 e. The number of ether oxygens (including phenoxy) is 1. The van der Waals surface area contributed by atoms with E-state index < -0.39 is 27.8 Å². The van der Waals surface area contributed by atoms with Crippen LogP contribution in [0.3, 0.4) is 0 Å². The van der Waals surface area contributed by atoms with Crippen LogP contribution in [0.4, 0.5) is 10.1 Å². The average Bonchev–Trinajstić information content (AvgIpc) is 2.66. The molecule has 0 unspecified atom stereocenters. The third-order valence-electron chi connectivity index (χ3n) is 5.22. The topological polar surface area (TPSA) is 75.7 Å². The van der Waals surface area contributed by atoms with Gasteiger partial charge in [0, 0.05) is 0 Å².